The molecular weight excluding hydrogens is 204 g/mol. The number of benzene rings is 1. The Bertz CT molecular complexity index is 394. The third-order valence-electron chi connectivity index (χ3n) is 3.47. The molecule has 2 aliphatic rings. The van der Waals surface area contributed by atoms with Crippen LogP contribution in [0.15, 0.2) is 18.2 Å². The van der Waals surface area contributed by atoms with Crippen LogP contribution in [0.3, 0.4) is 0 Å². The van der Waals surface area contributed by atoms with Gasteiger partial charge in [0.2, 0.25) is 5.79 Å². The Labute approximate surface area is 95.0 Å². The third-order valence-corrected chi connectivity index (χ3v) is 3.47. The summed E-state index contributed by atoms with van der Waals surface area (Å²) in [5.41, 5.74) is 0.941. The number of ether oxygens (including phenoxy) is 2. The number of hydrogen-bond acceptors (Lipinski definition) is 3. The topological polar surface area (TPSA) is 38.7 Å². The maximum absolute atomic E-state index is 9.79. The molecule has 1 N–H and O–H groups in total. The Morgan fingerprint density at radius 1 is 1.12 bits per heavy atom. The van der Waals surface area contributed by atoms with Gasteiger partial charge >= 0.3 is 0 Å². The van der Waals surface area contributed by atoms with Crippen molar-refractivity contribution in [3.05, 3.63) is 23.8 Å². The van der Waals surface area contributed by atoms with Crippen molar-refractivity contribution < 1.29 is 14.6 Å². The quantitative estimate of drug-likeness (QED) is 0.730. The van der Waals surface area contributed by atoms with Gasteiger partial charge in [-0.25, -0.2) is 0 Å². The third kappa shape index (κ3) is 1.55. The largest absolute Gasteiger partial charge is 0.504 e. The van der Waals surface area contributed by atoms with Gasteiger partial charge in [0.05, 0.1) is 6.61 Å². The first-order valence-electron chi connectivity index (χ1n) is 5.93. The minimum absolute atomic E-state index is 0.228. The van der Waals surface area contributed by atoms with Crippen LogP contribution in [0.5, 0.6) is 11.5 Å². The fraction of sp³-hybridized carbons (Fsp3) is 0.538. The summed E-state index contributed by atoms with van der Waals surface area (Å²) in [7, 11) is 0. The molecule has 3 heteroatoms. The van der Waals surface area contributed by atoms with Crippen LogP contribution >= 0.6 is 0 Å². The number of phenols is 1. The molecule has 0 saturated heterocycles. The highest BCUT2D eigenvalue weighted by Crippen LogP contribution is 2.43. The average molecular weight is 220 g/mol. The first-order valence-corrected chi connectivity index (χ1v) is 5.93. The number of para-hydroxylation sites is 1. The van der Waals surface area contributed by atoms with Gasteiger partial charge in [0.15, 0.2) is 11.5 Å². The lowest BCUT2D eigenvalue weighted by molar-refractivity contribution is -0.222. The van der Waals surface area contributed by atoms with Crippen LogP contribution in [0.4, 0.5) is 0 Å². The van der Waals surface area contributed by atoms with Crippen LogP contribution < -0.4 is 4.74 Å². The van der Waals surface area contributed by atoms with E-state index in [0.717, 1.165) is 31.2 Å². The van der Waals surface area contributed by atoms with Crippen molar-refractivity contribution in [1.29, 1.82) is 0 Å². The summed E-state index contributed by atoms with van der Waals surface area (Å²) >= 11 is 0. The van der Waals surface area contributed by atoms with Crippen molar-refractivity contribution in [2.75, 3.05) is 0 Å². The van der Waals surface area contributed by atoms with Gasteiger partial charge in [-0.3, -0.25) is 0 Å². The van der Waals surface area contributed by atoms with E-state index >= 15 is 0 Å². The van der Waals surface area contributed by atoms with E-state index in [0.29, 0.717) is 12.4 Å². The molecule has 1 aromatic carbocycles. The lowest BCUT2D eigenvalue weighted by Crippen LogP contribution is -2.43. The molecule has 1 spiro atoms. The van der Waals surface area contributed by atoms with Crippen molar-refractivity contribution in [2.24, 2.45) is 0 Å². The van der Waals surface area contributed by atoms with Gasteiger partial charge in [0, 0.05) is 18.4 Å². The van der Waals surface area contributed by atoms with Gasteiger partial charge in [-0.1, -0.05) is 18.6 Å². The van der Waals surface area contributed by atoms with Gasteiger partial charge in [0.25, 0.3) is 0 Å². The molecule has 16 heavy (non-hydrogen) atoms. The lowest BCUT2D eigenvalue weighted by Gasteiger charge is -2.41. The van der Waals surface area contributed by atoms with Gasteiger partial charge in [0.1, 0.15) is 0 Å². The maximum atomic E-state index is 9.79. The summed E-state index contributed by atoms with van der Waals surface area (Å²) in [6.45, 7) is 0.545. The van der Waals surface area contributed by atoms with E-state index in [-0.39, 0.29) is 5.75 Å². The highest BCUT2D eigenvalue weighted by Gasteiger charge is 2.39. The van der Waals surface area contributed by atoms with Crippen LogP contribution in [0.25, 0.3) is 0 Å². The monoisotopic (exact) mass is 220 g/mol. The summed E-state index contributed by atoms with van der Waals surface area (Å²) in [5, 5.41) is 9.79. The number of fused-ring (bicyclic) bond motifs is 1. The zero-order valence-corrected chi connectivity index (χ0v) is 9.24. The van der Waals surface area contributed by atoms with Crippen molar-refractivity contribution in [3.8, 4) is 11.5 Å². The number of rotatable bonds is 0. The van der Waals surface area contributed by atoms with E-state index in [1.807, 2.05) is 12.1 Å². The molecule has 0 radical (unpaired) electrons. The fourth-order valence-electron chi connectivity index (χ4n) is 2.56. The molecule has 1 heterocycles. The molecule has 3 nitrogen and oxygen atoms in total. The Morgan fingerprint density at radius 2 is 1.94 bits per heavy atom. The molecule has 3 rings (SSSR count). The number of hydrogen-bond donors (Lipinski definition) is 1. The Hall–Kier alpha value is -1.22. The molecule has 0 atom stereocenters. The summed E-state index contributed by atoms with van der Waals surface area (Å²) in [6, 6.07) is 5.42. The summed E-state index contributed by atoms with van der Waals surface area (Å²) in [6.07, 6.45) is 5.40. The van der Waals surface area contributed by atoms with Gasteiger partial charge in [-0.15, -0.1) is 0 Å². The van der Waals surface area contributed by atoms with Gasteiger partial charge < -0.3 is 14.6 Å². The second-order valence-electron chi connectivity index (χ2n) is 4.63. The fourth-order valence-corrected chi connectivity index (χ4v) is 2.56. The molecule has 1 saturated carbocycles. The molecule has 1 aromatic rings. The predicted molar refractivity (Wildman–Crippen MR) is 59.3 cm³/mol. The van der Waals surface area contributed by atoms with E-state index in [1.165, 1.54) is 6.42 Å². The highest BCUT2D eigenvalue weighted by atomic mass is 16.7. The maximum Gasteiger partial charge on any atom is 0.211 e. The van der Waals surface area contributed by atoms with E-state index in [4.69, 9.17) is 9.47 Å². The summed E-state index contributed by atoms with van der Waals surface area (Å²) in [4.78, 5) is 0. The van der Waals surface area contributed by atoms with E-state index in [1.54, 1.807) is 6.07 Å². The van der Waals surface area contributed by atoms with Crippen LogP contribution in [0.1, 0.15) is 37.7 Å². The number of aromatic hydroxyl groups is 1. The van der Waals surface area contributed by atoms with Crippen molar-refractivity contribution in [2.45, 2.75) is 44.5 Å². The van der Waals surface area contributed by atoms with E-state index in [2.05, 4.69) is 0 Å². The van der Waals surface area contributed by atoms with Crippen LogP contribution in [-0.4, -0.2) is 10.9 Å². The normalized spacial score (nSPS) is 22.5. The Balaban J connectivity index is 1.92. The van der Waals surface area contributed by atoms with Crippen LogP contribution in [0, 0.1) is 0 Å². The summed E-state index contributed by atoms with van der Waals surface area (Å²) < 4.78 is 11.8. The van der Waals surface area contributed by atoms with Gasteiger partial charge in [-0.05, 0) is 18.9 Å². The summed E-state index contributed by atoms with van der Waals surface area (Å²) in [5.74, 6) is 0.380. The average Bonchev–Trinajstić information content (AvgIpc) is 2.32. The first kappa shape index (κ1) is 9.97. The Kier molecular flexibility index (Phi) is 2.28. The molecule has 1 aliphatic carbocycles. The molecule has 86 valence electrons. The smallest absolute Gasteiger partial charge is 0.211 e. The number of phenolic OH excluding ortho intramolecular Hbond substituents is 1. The van der Waals surface area contributed by atoms with Crippen molar-refractivity contribution >= 4 is 0 Å². The van der Waals surface area contributed by atoms with Crippen LogP contribution in [-0.2, 0) is 11.3 Å². The van der Waals surface area contributed by atoms with Crippen molar-refractivity contribution in [1.82, 2.24) is 0 Å². The minimum Gasteiger partial charge on any atom is -0.504 e. The highest BCUT2D eigenvalue weighted by molar-refractivity contribution is 5.46. The first-order chi connectivity index (χ1) is 7.79. The molecule has 1 fully saturated rings. The molecular formula is C13H16O3. The zero-order valence-electron chi connectivity index (χ0n) is 9.24. The lowest BCUT2D eigenvalue weighted by atomic mass is 9.93. The SMILES string of the molecule is Oc1cccc2c1OC1(CCCCC1)OC2. The Morgan fingerprint density at radius 3 is 2.75 bits per heavy atom. The molecule has 0 amide bonds. The van der Waals surface area contributed by atoms with E-state index in [9.17, 15) is 5.11 Å². The molecule has 1 aliphatic heterocycles. The minimum atomic E-state index is -0.468. The van der Waals surface area contributed by atoms with Crippen molar-refractivity contribution in [3.63, 3.8) is 0 Å². The van der Waals surface area contributed by atoms with E-state index < -0.39 is 5.79 Å². The standard InChI is InChI=1S/C13H16O3/c14-11-6-4-5-10-9-15-13(16-12(10)11)7-2-1-3-8-13/h4-6,14H,1-3,7-9H2. The van der Waals surface area contributed by atoms with Gasteiger partial charge in [-0.2, -0.15) is 0 Å². The second-order valence-corrected chi connectivity index (χ2v) is 4.63. The molecule has 0 bridgehead atoms. The molecule has 0 aromatic heterocycles. The predicted octanol–water partition coefficient (Wildman–Crippen LogP) is 2.96. The second kappa shape index (κ2) is 3.67. The van der Waals surface area contributed by atoms with Crippen LogP contribution in [0.2, 0.25) is 0 Å². The zero-order chi connectivity index (χ0) is 11.0. The molecule has 0 unspecified atom stereocenters.